The average Bonchev–Trinajstić information content (AvgIpc) is 2.53. The first-order chi connectivity index (χ1) is 10.1. The number of hydrazone groups is 1. The molecule has 2 N–H and O–H groups in total. The molecule has 5 nitrogen and oxygen atoms in total. The minimum Gasteiger partial charge on any atom is -0.317 e. The Morgan fingerprint density at radius 3 is 2.24 bits per heavy atom. The predicted octanol–water partition coefficient (Wildman–Crippen LogP) is 1.60. The molecule has 2 aliphatic rings. The van der Waals surface area contributed by atoms with E-state index in [1.165, 1.54) is 0 Å². The van der Waals surface area contributed by atoms with Crippen LogP contribution in [0.25, 0.3) is 0 Å². The van der Waals surface area contributed by atoms with Crippen molar-refractivity contribution in [2.75, 3.05) is 27.2 Å². The van der Waals surface area contributed by atoms with E-state index in [1.807, 2.05) is 6.92 Å². The molecule has 5 heteroatoms. The molecule has 0 atom stereocenters. The zero-order valence-electron chi connectivity index (χ0n) is 13.7. The highest BCUT2D eigenvalue weighted by Crippen LogP contribution is 2.26. The van der Waals surface area contributed by atoms with Gasteiger partial charge in [-0.1, -0.05) is 0 Å². The molecule has 1 saturated heterocycles. The van der Waals surface area contributed by atoms with Crippen LogP contribution in [-0.4, -0.2) is 49.7 Å². The fourth-order valence-corrected chi connectivity index (χ4v) is 3.42. The number of carbonyl (C=O) groups is 1. The Bertz CT molecular complexity index is 366. The van der Waals surface area contributed by atoms with Gasteiger partial charge in [-0.05, 0) is 72.6 Å². The summed E-state index contributed by atoms with van der Waals surface area (Å²) in [6.45, 7) is 4.15. The molecule has 0 bridgehead atoms. The van der Waals surface area contributed by atoms with Gasteiger partial charge < -0.3 is 10.2 Å². The average molecular weight is 294 g/mol. The second-order valence-corrected chi connectivity index (χ2v) is 6.72. The monoisotopic (exact) mass is 294 g/mol. The smallest absolute Gasteiger partial charge is 0.243 e. The molecule has 0 aromatic rings. The molecule has 1 heterocycles. The molecule has 2 rings (SSSR count). The first-order valence-electron chi connectivity index (χ1n) is 8.29. The van der Waals surface area contributed by atoms with E-state index < -0.39 is 0 Å². The van der Waals surface area contributed by atoms with Gasteiger partial charge in [0.15, 0.2) is 0 Å². The highest BCUT2D eigenvalue weighted by molar-refractivity contribution is 5.86. The third-order valence-corrected chi connectivity index (χ3v) is 5.07. The predicted molar refractivity (Wildman–Crippen MR) is 86.3 cm³/mol. The first kappa shape index (κ1) is 16.4. The number of carbonyl (C=O) groups excluding carboxylic acids is 1. The number of nitrogens with one attached hydrogen (secondary N) is 2. The number of hydrogen-bond donors (Lipinski definition) is 2. The lowest BCUT2D eigenvalue weighted by Crippen LogP contribution is -2.37. The molecule has 0 unspecified atom stereocenters. The van der Waals surface area contributed by atoms with Gasteiger partial charge in [0, 0.05) is 23.6 Å². The number of nitrogens with zero attached hydrogens (tertiary/aromatic N) is 2. The van der Waals surface area contributed by atoms with Gasteiger partial charge in [0.05, 0.1) is 0 Å². The molecule has 2 fully saturated rings. The van der Waals surface area contributed by atoms with Crippen LogP contribution < -0.4 is 10.7 Å². The number of rotatable bonds is 4. The maximum Gasteiger partial charge on any atom is 0.243 e. The minimum atomic E-state index is 0.112. The van der Waals surface area contributed by atoms with E-state index >= 15 is 0 Å². The Labute approximate surface area is 128 Å². The normalized spacial score (nSPS) is 28.7. The van der Waals surface area contributed by atoms with Gasteiger partial charge in [-0.3, -0.25) is 4.79 Å². The van der Waals surface area contributed by atoms with Crippen LogP contribution in [0.15, 0.2) is 5.10 Å². The Morgan fingerprint density at radius 2 is 1.67 bits per heavy atom. The SMILES string of the molecule is C/C(=N/NC(=O)C1CCC(N(C)C)CC1)C1CCNCC1. The molecule has 21 heavy (non-hydrogen) atoms. The van der Waals surface area contributed by atoms with Crippen molar-refractivity contribution in [2.24, 2.45) is 16.9 Å². The van der Waals surface area contributed by atoms with Crippen molar-refractivity contribution in [2.45, 2.75) is 51.5 Å². The van der Waals surface area contributed by atoms with Gasteiger partial charge in [-0.25, -0.2) is 5.43 Å². The molecule has 120 valence electrons. The van der Waals surface area contributed by atoms with Gasteiger partial charge >= 0.3 is 0 Å². The van der Waals surface area contributed by atoms with Crippen molar-refractivity contribution in [3.05, 3.63) is 0 Å². The number of amides is 1. The summed E-state index contributed by atoms with van der Waals surface area (Å²) in [6.07, 6.45) is 6.44. The fourth-order valence-electron chi connectivity index (χ4n) is 3.42. The molecule has 1 saturated carbocycles. The van der Waals surface area contributed by atoms with Crippen molar-refractivity contribution >= 4 is 11.6 Å². The Kier molecular flexibility index (Phi) is 6.18. The molecule has 1 aliphatic carbocycles. The molecule has 0 aromatic carbocycles. The van der Waals surface area contributed by atoms with Crippen LogP contribution in [-0.2, 0) is 4.79 Å². The van der Waals surface area contributed by atoms with Crippen molar-refractivity contribution in [3.8, 4) is 0 Å². The zero-order chi connectivity index (χ0) is 15.2. The summed E-state index contributed by atoms with van der Waals surface area (Å²) in [5.41, 5.74) is 3.88. The summed E-state index contributed by atoms with van der Waals surface area (Å²) in [5.74, 6) is 0.780. The van der Waals surface area contributed by atoms with Crippen molar-refractivity contribution in [1.29, 1.82) is 0 Å². The fraction of sp³-hybridized carbons (Fsp3) is 0.875. The van der Waals surface area contributed by atoms with Gasteiger partial charge in [0.2, 0.25) is 5.91 Å². The van der Waals surface area contributed by atoms with Crippen molar-refractivity contribution in [1.82, 2.24) is 15.6 Å². The topological polar surface area (TPSA) is 56.7 Å². The molecule has 1 amide bonds. The largest absolute Gasteiger partial charge is 0.317 e. The third-order valence-electron chi connectivity index (χ3n) is 5.07. The highest BCUT2D eigenvalue weighted by Gasteiger charge is 2.27. The molecule has 0 spiro atoms. The van der Waals surface area contributed by atoms with Gasteiger partial charge in [-0.15, -0.1) is 0 Å². The van der Waals surface area contributed by atoms with Crippen LogP contribution in [0.5, 0.6) is 0 Å². The van der Waals surface area contributed by atoms with E-state index in [1.54, 1.807) is 0 Å². The molecular formula is C16H30N4O. The van der Waals surface area contributed by atoms with Crippen LogP contribution >= 0.6 is 0 Å². The second-order valence-electron chi connectivity index (χ2n) is 6.72. The van der Waals surface area contributed by atoms with E-state index in [0.717, 1.165) is 57.3 Å². The standard InChI is InChI=1S/C16H30N4O/c1-12(13-8-10-17-11-9-13)18-19-16(21)14-4-6-15(7-5-14)20(2)3/h13-15,17H,4-11H2,1-3H3,(H,19,21)/b18-12-. The van der Waals surface area contributed by atoms with Crippen LogP contribution in [0.2, 0.25) is 0 Å². The number of hydrogen-bond acceptors (Lipinski definition) is 4. The summed E-state index contributed by atoms with van der Waals surface area (Å²) in [7, 11) is 4.25. The van der Waals surface area contributed by atoms with E-state index in [9.17, 15) is 4.79 Å². The van der Waals surface area contributed by atoms with Crippen LogP contribution in [0.3, 0.4) is 0 Å². The van der Waals surface area contributed by atoms with Crippen LogP contribution in [0.4, 0.5) is 0 Å². The maximum absolute atomic E-state index is 12.2. The van der Waals surface area contributed by atoms with Crippen LogP contribution in [0.1, 0.15) is 45.4 Å². The van der Waals surface area contributed by atoms with Gasteiger partial charge in [0.1, 0.15) is 0 Å². The van der Waals surface area contributed by atoms with E-state index in [0.29, 0.717) is 12.0 Å². The molecule has 0 aromatic heterocycles. The summed E-state index contributed by atoms with van der Waals surface area (Å²) >= 11 is 0. The molecule has 0 radical (unpaired) electrons. The first-order valence-corrected chi connectivity index (χ1v) is 8.29. The molecular weight excluding hydrogens is 264 g/mol. The van der Waals surface area contributed by atoms with E-state index in [-0.39, 0.29) is 11.8 Å². The lowest BCUT2D eigenvalue weighted by atomic mass is 9.85. The number of piperidine rings is 1. The Balaban J connectivity index is 1.76. The van der Waals surface area contributed by atoms with E-state index in [2.05, 4.69) is 34.8 Å². The van der Waals surface area contributed by atoms with Crippen LogP contribution in [0, 0.1) is 11.8 Å². The van der Waals surface area contributed by atoms with Gasteiger partial charge in [0.25, 0.3) is 0 Å². The molecule has 1 aliphatic heterocycles. The lowest BCUT2D eigenvalue weighted by molar-refractivity contribution is -0.126. The summed E-state index contributed by atoms with van der Waals surface area (Å²) in [4.78, 5) is 14.5. The van der Waals surface area contributed by atoms with Gasteiger partial charge in [-0.2, -0.15) is 5.10 Å². The summed E-state index contributed by atoms with van der Waals surface area (Å²) in [6, 6.07) is 0.633. The van der Waals surface area contributed by atoms with Crippen molar-refractivity contribution < 1.29 is 4.79 Å². The minimum absolute atomic E-state index is 0.112. The quantitative estimate of drug-likeness (QED) is 0.611. The van der Waals surface area contributed by atoms with Crippen molar-refractivity contribution in [3.63, 3.8) is 0 Å². The maximum atomic E-state index is 12.2. The van der Waals surface area contributed by atoms with E-state index in [4.69, 9.17) is 0 Å². The third kappa shape index (κ3) is 4.78. The summed E-state index contributed by atoms with van der Waals surface area (Å²) in [5, 5.41) is 7.71. The lowest BCUT2D eigenvalue weighted by Gasteiger charge is -2.31. The summed E-state index contributed by atoms with van der Waals surface area (Å²) < 4.78 is 0. The Morgan fingerprint density at radius 1 is 1.05 bits per heavy atom. The highest BCUT2D eigenvalue weighted by atomic mass is 16.2. The zero-order valence-corrected chi connectivity index (χ0v) is 13.7. The second kappa shape index (κ2) is 7.90. The Hall–Kier alpha value is -0.940.